The minimum Gasteiger partial charge on any atom is -0.332 e. The van der Waals surface area contributed by atoms with Gasteiger partial charge in [0.05, 0.1) is 17.9 Å². The lowest BCUT2D eigenvalue weighted by atomic mass is 10.0. The summed E-state index contributed by atoms with van der Waals surface area (Å²) >= 11 is 6.03. The van der Waals surface area contributed by atoms with Crippen LogP contribution in [0.5, 0.6) is 0 Å². The van der Waals surface area contributed by atoms with E-state index in [0.29, 0.717) is 23.5 Å². The topological polar surface area (TPSA) is 104 Å². The van der Waals surface area contributed by atoms with Crippen LogP contribution < -0.4 is 10.6 Å². The standard InChI is InChI=1S/C22H18ClN5O3/c23-17-6-5-16-11-28(21(30)18(16)9-17)12-20(27-22(31)26-13-29)15-3-1-14(2-4-15)19-10-24-7-8-25-19/h1-10,13,20H,11-12H2,(H2,26,27,29,31)/t20-/m0/s1. The lowest BCUT2D eigenvalue weighted by molar-refractivity contribution is -0.108. The van der Waals surface area contributed by atoms with Crippen molar-refractivity contribution in [3.63, 3.8) is 0 Å². The Labute approximate surface area is 183 Å². The van der Waals surface area contributed by atoms with Crippen molar-refractivity contribution < 1.29 is 14.4 Å². The molecule has 156 valence electrons. The average Bonchev–Trinajstić information content (AvgIpc) is 3.09. The SMILES string of the molecule is O=CNC(=O)N[C@@H](CN1Cc2ccc(Cl)cc2C1=O)c1ccc(-c2cnccn2)cc1. The van der Waals surface area contributed by atoms with Crippen LogP contribution in [0.15, 0.2) is 61.1 Å². The van der Waals surface area contributed by atoms with Gasteiger partial charge >= 0.3 is 6.03 Å². The molecule has 0 aliphatic carbocycles. The van der Waals surface area contributed by atoms with E-state index in [0.717, 1.165) is 22.4 Å². The molecule has 4 amide bonds. The summed E-state index contributed by atoms with van der Waals surface area (Å²) in [7, 11) is 0. The van der Waals surface area contributed by atoms with Crippen LogP contribution >= 0.6 is 11.6 Å². The van der Waals surface area contributed by atoms with Crippen molar-refractivity contribution in [2.45, 2.75) is 12.6 Å². The molecule has 1 atom stereocenters. The third-order valence-electron chi connectivity index (χ3n) is 5.02. The van der Waals surface area contributed by atoms with Gasteiger partial charge in [-0.15, -0.1) is 0 Å². The molecule has 0 unspecified atom stereocenters. The maximum absolute atomic E-state index is 12.8. The van der Waals surface area contributed by atoms with Gasteiger partial charge in [0.2, 0.25) is 6.41 Å². The molecular weight excluding hydrogens is 418 g/mol. The zero-order chi connectivity index (χ0) is 21.8. The largest absolute Gasteiger partial charge is 0.332 e. The summed E-state index contributed by atoms with van der Waals surface area (Å²) in [5.74, 6) is -0.156. The highest BCUT2D eigenvalue weighted by Crippen LogP contribution is 2.28. The van der Waals surface area contributed by atoms with Crippen molar-refractivity contribution in [1.29, 1.82) is 0 Å². The van der Waals surface area contributed by atoms with Gasteiger partial charge in [0.1, 0.15) is 0 Å². The summed E-state index contributed by atoms with van der Waals surface area (Å²) < 4.78 is 0. The van der Waals surface area contributed by atoms with E-state index in [2.05, 4.69) is 20.6 Å². The van der Waals surface area contributed by atoms with Gasteiger partial charge in [-0.05, 0) is 23.3 Å². The number of nitrogens with one attached hydrogen (secondary N) is 2. The van der Waals surface area contributed by atoms with E-state index in [9.17, 15) is 14.4 Å². The van der Waals surface area contributed by atoms with Gasteiger partial charge in [0.15, 0.2) is 0 Å². The molecule has 8 nitrogen and oxygen atoms in total. The minimum atomic E-state index is -0.648. The molecule has 1 aliphatic heterocycles. The first kappa shape index (κ1) is 20.5. The molecule has 2 N–H and O–H groups in total. The van der Waals surface area contributed by atoms with Crippen molar-refractivity contribution in [2.24, 2.45) is 0 Å². The smallest absolute Gasteiger partial charge is 0.321 e. The molecule has 0 bridgehead atoms. The predicted octanol–water partition coefficient (Wildman–Crippen LogP) is 2.95. The average molecular weight is 436 g/mol. The zero-order valence-electron chi connectivity index (χ0n) is 16.3. The first-order valence-electron chi connectivity index (χ1n) is 9.50. The Morgan fingerprint density at radius 3 is 2.71 bits per heavy atom. The van der Waals surface area contributed by atoms with Gasteiger partial charge in [-0.25, -0.2) is 4.79 Å². The monoisotopic (exact) mass is 435 g/mol. The summed E-state index contributed by atoms with van der Waals surface area (Å²) in [5.41, 5.74) is 3.80. The predicted molar refractivity (Wildman–Crippen MR) is 114 cm³/mol. The molecule has 4 rings (SSSR count). The Morgan fingerprint density at radius 1 is 1.19 bits per heavy atom. The fourth-order valence-corrected chi connectivity index (χ4v) is 3.70. The second kappa shape index (κ2) is 8.93. The molecule has 0 spiro atoms. The number of hydrogen-bond acceptors (Lipinski definition) is 5. The number of nitrogens with zero attached hydrogens (tertiary/aromatic N) is 3. The number of aromatic nitrogens is 2. The number of rotatable bonds is 6. The lowest BCUT2D eigenvalue weighted by Gasteiger charge is -2.25. The highest BCUT2D eigenvalue weighted by atomic mass is 35.5. The van der Waals surface area contributed by atoms with E-state index >= 15 is 0 Å². The van der Waals surface area contributed by atoms with Gasteiger partial charge in [-0.3, -0.25) is 24.9 Å². The van der Waals surface area contributed by atoms with Crippen molar-refractivity contribution >= 4 is 29.9 Å². The van der Waals surface area contributed by atoms with E-state index in [1.165, 1.54) is 0 Å². The Balaban J connectivity index is 1.57. The fraction of sp³-hybridized carbons (Fsp3) is 0.136. The summed E-state index contributed by atoms with van der Waals surface area (Å²) in [5, 5.41) is 5.32. The summed E-state index contributed by atoms with van der Waals surface area (Å²) in [6.45, 7) is 0.637. The molecule has 3 aromatic rings. The number of halogens is 1. The highest BCUT2D eigenvalue weighted by Gasteiger charge is 2.30. The van der Waals surface area contributed by atoms with Crippen molar-refractivity contribution in [2.75, 3.05) is 6.54 Å². The molecule has 1 aromatic heterocycles. The van der Waals surface area contributed by atoms with Crippen LogP contribution in [0, 0.1) is 0 Å². The molecule has 1 aliphatic rings. The van der Waals surface area contributed by atoms with Crippen LogP contribution in [0.25, 0.3) is 11.3 Å². The molecule has 0 saturated carbocycles. The molecule has 0 saturated heterocycles. The molecule has 2 aromatic carbocycles. The first-order chi connectivity index (χ1) is 15.0. The lowest BCUT2D eigenvalue weighted by Crippen LogP contribution is -2.42. The van der Waals surface area contributed by atoms with Gasteiger partial charge in [0.25, 0.3) is 5.91 Å². The van der Waals surface area contributed by atoms with Crippen LogP contribution in [0.2, 0.25) is 5.02 Å². The number of urea groups is 1. The molecule has 9 heteroatoms. The van der Waals surface area contributed by atoms with E-state index < -0.39 is 12.1 Å². The molecule has 0 radical (unpaired) electrons. The second-order valence-corrected chi connectivity index (χ2v) is 7.42. The second-order valence-electron chi connectivity index (χ2n) is 6.99. The number of imide groups is 1. The normalized spacial score (nSPS) is 13.5. The maximum atomic E-state index is 12.8. The third-order valence-corrected chi connectivity index (χ3v) is 5.26. The van der Waals surface area contributed by atoms with E-state index in [1.54, 1.807) is 35.6 Å². The Kier molecular flexibility index (Phi) is 5.90. The molecule has 31 heavy (non-hydrogen) atoms. The Bertz CT molecular complexity index is 1120. The summed E-state index contributed by atoms with van der Waals surface area (Å²) in [4.78, 5) is 45.5. The Hall–Kier alpha value is -3.78. The van der Waals surface area contributed by atoms with Crippen LogP contribution in [0.1, 0.15) is 27.5 Å². The van der Waals surface area contributed by atoms with E-state index in [1.807, 2.05) is 30.3 Å². The number of carbonyl (C=O) groups excluding carboxylic acids is 3. The van der Waals surface area contributed by atoms with Gasteiger partial charge in [-0.1, -0.05) is 41.9 Å². The maximum Gasteiger partial charge on any atom is 0.321 e. The van der Waals surface area contributed by atoms with Gasteiger partial charge in [0, 0.05) is 41.6 Å². The number of hydrogen-bond donors (Lipinski definition) is 2. The molecule has 2 heterocycles. The van der Waals surface area contributed by atoms with Crippen LogP contribution in [0.4, 0.5) is 4.79 Å². The quantitative estimate of drug-likeness (QED) is 0.579. The summed E-state index contributed by atoms with van der Waals surface area (Å²) in [6, 6.07) is 11.5. The third kappa shape index (κ3) is 4.54. The zero-order valence-corrected chi connectivity index (χ0v) is 17.0. The Morgan fingerprint density at radius 2 is 2.00 bits per heavy atom. The number of fused-ring (bicyclic) bond motifs is 1. The van der Waals surface area contributed by atoms with E-state index in [4.69, 9.17) is 11.6 Å². The highest BCUT2D eigenvalue weighted by molar-refractivity contribution is 6.31. The first-order valence-corrected chi connectivity index (χ1v) is 9.87. The minimum absolute atomic E-state index is 0.156. The van der Waals surface area contributed by atoms with Gasteiger partial charge < -0.3 is 10.2 Å². The number of benzene rings is 2. The molecule has 0 fully saturated rings. The van der Waals surface area contributed by atoms with Crippen LogP contribution in [-0.2, 0) is 11.3 Å². The van der Waals surface area contributed by atoms with Crippen LogP contribution in [0.3, 0.4) is 0 Å². The van der Waals surface area contributed by atoms with Crippen molar-refractivity contribution in [3.05, 3.63) is 82.8 Å². The van der Waals surface area contributed by atoms with E-state index in [-0.39, 0.29) is 12.5 Å². The molecular formula is C22H18ClN5O3. The van der Waals surface area contributed by atoms with Crippen molar-refractivity contribution in [1.82, 2.24) is 25.5 Å². The van der Waals surface area contributed by atoms with Crippen molar-refractivity contribution in [3.8, 4) is 11.3 Å². The number of amides is 4. The number of carbonyl (C=O) groups is 3. The summed E-state index contributed by atoms with van der Waals surface area (Å²) in [6.07, 6.45) is 5.18. The van der Waals surface area contributed by atoms with Gasteiger partial charge in [-0.2, -0.15) is 0 Å². The fourth-order valence-electron chi connectivity index (χ4n) is 3.52. The van der Waals surface area contributed by atoms with Crippen LogP contribution in [-0.4, -0.2) is 39.8 Å².